The quantitative estimate of drug-likeness (QED) is 0.836. The van der Waals surface area contributed by atoms with Crippen LogP contribution in [-0.2, 0) is 0 Å². The number of Topliss-reactive ketones (excluding diaryl/α,β-unsaturated/α-hetero) is 1. The normalized spacial score (nSPS) is 15.0. The lowest BCUT2D eigenvalue weighted by molar-refractivity contribution is 0.0859. The van der Waals surface area contributed by atoms with Gasteiger partial charge < -0.3 is 15.3 Å². The summed E-state index contributed by atoms with van der Waals surface area (Å²) in [5.74, 6) is 0.158. The van der Waals surface area contributed by atoms with Crippen LogP contribution in [0.1, 0.15) is 28.8 Å². The smallest absolute Gasteiger partial charge is 0.321 e. The molecule has 1 fully saturated rings. The molecule has 1 aliphatic rings. The molecule has 25 heavy (non-hydrogen) atoms. The zero-order valence-electron chi connectivity index (χ0n) is 14.2. The first-order valence-corrected chi connectivity index (χ1v) is 8.49. The number of ketones is 1. The molecule has 0 atom stereocenters. The van der Waals surface area contributed by atoms with E-state index in [1.165, 1.54) is 12.1 Å². The van der Waals surface area contributed by atoms with Crippen LogP contribution in [0, 0.1) is 12.8 Å². The van der Waals surface area contributed by atoms with E-state index in [-0.39, 0.29) is 23.5 Å². The predicted molar refractivity (Wildman–Crippen MR) is 96.9 cm³/mol. The molecule has 0 radical (unpaired) electrons. The van der Waals surface area contributed by atoms with Crippen LogP contribution in [0.15, 0.2) is 48.5 Å². The second-order valence-corrected chi connectivity index (χ2v) is 6.47. The van der Waals surface area contributed by atoms with Gasteiger partial charge >= 0.3 is 6.03 Å². The van der Waals surface area contributed by atoms with Crippen LogP contribution in [0.4, 0.5) is 10.5 Å². The predicted octanol–water partition coefficient (Wildman–Crippen LogP) is 3.83. The molecule has 3 rings (SSSR count). The van der Waals surface area contributed by atoms with Gasteiger partial charge in [-0.25, -0.2) is 4.79 Å². The van der Waals surface area contributed by atoms with Crippen LogP contribution in [0.5, 0.6) is 5.75 Å². The summed E-state index contributed by atoms with van der Waals surface area (Å²) in [6.07, 6.45) is 1.31. The van der Waals surface area contributed by atoms with Gasteiger partial charge in [-0.05, 0) is 61.7 Å². The molecular weight excluding hydrogens is 316 g/mol. The van der Waals surface area contributed by atoms with Crippen molar-refractivity contribution in [3.63, 3.8) is 0 Å². The lowest BCUT2D eigenvalue weighted by Crippen LogP contribution is -2.42. The van der Waals surface area contributed by atoms with Crippen LogP contribution in [0.25, 0.3) is 0 Å². The fourth-order valence-electron chi connectivity index (χ4n) is 3.13. The number of phenols is 1. The third-order valence-corrected chi connectivity index (χ3v) is 4.57. The number of anilines is 1. The van der Waals surface area contributed by atoms with Crippen molar-refractivity contribution in [3.8, 4) is 5.75 Å². The SMILES string of the molecule is Cc1cccc(NC(=O)N2CCC(C(=O)c3ccc(O)cc3)CC2)c1. The van der Waals surface area contributed by atoms with E-state index in [1.807, 2.05) is 31.2 Å². The summed E-state index contributed by atoms with van der Waals surface area (Å²) in [5, 5.41) is 12.2. The largest absolute Gasteiger partial charge is 0.508 e. The van der Waals surface area contributed by atoms with Gasteiger partial charge in [0.05, 0.1) is 0 Å². The van der Waals surface area contributed by atoms with Gasteiger partial charge in [-0.1, -0.05) is 12.1 Å². The molecule has 5 nitrogen and oxygen atoms in total. The average molecular weight is 338 g/mol. The van der Waals surface area contributed by atoms with E-state index in [0.717, 1.165) is 11.3 Å². The standard InChI is InChI=1S/C20H22N2O3/c1-14-3-2-4-17(13-14)21-20(25)22-11-9-16(10-12-22)19(24)15-5-7-18(23)8-6-15/h2-8,13,16,23H,9-12H2,1H3,(H,21,25). The van der Waals surface area contributed by atoms with Gasteiger partial charge in [-0.2, -0.15) is 0 Å². The molecule has 0 bridgehead atoms. The monoisotopic (exact) mass is 338 g/mol. The molecule has 2 aromatic rings. The number of piperidine rings is 1. The number of carbonyl (C=O) groups is 2. The summed E-state index contributed by atoms with van der Waals surface area (Å²) in [5.41, 5.74) is 2.49. The fourth-order valence-corrected chi connectivity index (χ4v) is 3.13. The maximum Gasteiger partial charge on any atom is 0.321 e. The number of hydrogen-bond donors (Lipinski definition) is 2. The van der Waals surface area contributed by atoms with Crippen molar-refractivity contribution in [1.29, 1.82) is 0 Å². The highest BCUT2D eigenvalue weighted by Gasteiger charge is 2.28. The second-order valence-electron chi connectivity index (χ2n) is 6.47. The maximum atomic E-state index is 12.5. The van der Waals surface area contributed by atoms with Crippen molar-refractivity contribution in [2.75, 3.05) is 18.4 Å². The lowest BCUT2D eigenvalue weighted by Gasteiger charge is -2.31. The Labute approximate surface area is 147 Å². The molecule has 2 amide bonds. The number of nitrogens with zero attached hydrogens (tertiary/aromatic N) is 1. The van der Waals surface area contributed by atoms with Crippen LogP contribution < -0.4 is 5.32 Å². The van der Waals surface area contributed by atoms with Crippen LogP contribution >= 0.6 is 0 Å². The molecule has 0 spiro atoms. The number of amides is 2. The minimum absolute atomic E-state index is 0.0763. The first-order valence-electron chi connectivity index (χ1n) is 8.49. The number of likely N-dealkylation sites (tertiary alicyclic amines) is 1. The number of carbonyl (C=O) groups excluding carboxylic acids is 2. The summed E-state index contributed by atoms with van der Waals surface area (Å²) in [7, 11) is 0. The van der Waals surface area contributed by atoms with Gasteiger partial charge in [0.2, 0.25) is 0 Å². The number of nitrogens with one attached hydrogen (secondary N) is 1. The summed E-state index contributed by atoms with van der Waals surface area (Å²) in [6.45, 7) is 3.11. The maximum absolute atomic E-state index is 12.5. The van der Waals surface area contributed by atoms with E-state index in [9.17, 15) is 14.7 Å². The van der Waals surface area contributed by atoms with Crippen molar-refractivity contribution >= 4 is 17.5 Å². The molecule has 5 heteroatoms. The number of aryl methyl sites for hydroxylation is 1. The molecule has 2 aromatic carbocycles. The van der Waals surface area contributed by atoms with E-state index in [0.29, 0.717) is 31.5 Å². The summed E-state index contributed by atoms with van der Waals surface area (Å²) >= 11 is 0. The van der Waals surface area contributed by atoms with Gasteiger partial charge in [0.25, 0.3) is 0 Å². The highest BCUT2D eigenvalue weighted by molar-refractivity contribution is 5.98. The Morgan fingerprint density at radius 3 is 2.40 bits per heavy atom. The number of aromatic hydroxyl groups is 1. The average Bonchev–Trinajstić information content (AvgIpc) is 2.62. The molecule has 1 heterocycles. The van der Waals surface area contributed by atoms with E-state index in [2.05, 4.69) is 5.32 Å². The fraction of sp³-hybridized carbons (Fsp3) is 0.300. The van der Waals surface area contributed by atoms with Crippen molar-refractivity contribution in [2.45, 2.75) is 19.8 Å². The number of benzene rings is 2. The minimum atomic E-state index is -0.124. The highest BCUT2D eigenvalue weighted by atomic mass is 16.3. The first-order chi connectivity index (χ1) is 12.0. The Kier molecular flexibility index (Phi) is 5.03. The number of phenolic OH excluding ortho intramolecular Hbond substituents is 1. The summed E-state index contributed by atoms with van der Waals surface area (Å²) < 4.78 is 0. The molecule has 1 saturated heterocycles. The number of rotatable bonds is 3. The Bertz CT molecular complexity index is 763. The van der Waals surface area contributed by atoms with Gasteiger partial charge in [0, 0.05) is 30.3 Å². The molecule has 0 saturated carbocycles. The Hall–Kier alpha value is -2.82. The topological polar surface area (TPSA) is 69.6 Å². The molecule has 130 valence electrons. The minimum Gasteiger partial charge on any atom is -0.508 e. The van der Waals surface area contributed by atoms with Crippen molar-refractivity contribution in [2.24, 2.45) is 5.92 Å². The van der Waals surface area contributed by atoms with E-state index in [4.69, 9.17) is 0 Å². The number of urea groups is 1. The molecule has 2 N–H and O–H groups in total. The van der Waals surface area contributed by atoms with E-state index < -0.39 is 0 Å². The van der Waals surface area contributed by atoms with Crippen molar-refractivity contribution in [1.82, 2.24) is 4.90 Å². The number of hydrogen-bond acceptors (Lipinski definition) is 3. The Balaban J connectivity index is 1.55. The third-order valence-electron chi connectivity index (χ3n) is 4.57. The van der Waals surface area contributed by atoms with Crippen molar-refractivity contribution in [3.05, 3.63) is 59.7 Å². The molecule has 0 aromatic heterocycles. The van der Waals surface area contributed by atoms with Gasteiger partial charge in [0.1, 0.15) is 5.75 Å². The summed E-state index contributed by atoms with van der Waals surface area (Å²) in [6, 6.07) is 13.9. The van der Waals surface area contributed by atoms with Crippen LogP contribution in [-0.4, -0.2) is 34.9 Å². The highest BCUT2D eigenvalue weighted by Crippen LogP contribution is 2.23. The molecule has 0 aliphatic carbocycles. The summed E-state index contributed by atoms with van der Waals surface area (Å²) in [4.78, 5) is 26.6. The van der Waals surface area contributed by atoms with Crippen molar-refractivity contribution < 1.29 is 14.7 Å². The van der Waals surface area contributed by atoms with Crippen LogP contribution in [0.2, 0.25) is 0 Å². The van der Waals surface area contributed by atoms with E-state index in [1.54, 1.807) is 17.0 Å². The Morgan fingerprint density at radius 2 is 1.76 bits per heavy atom. The molecular formula is C20H22N2O3. The first kappa shape index (κ1) is 17.0. The van der Waals surface area contributed by atoms with Gasteiger partial charge in [-0.3, -0.25) is 4.79 Å². The lowest BCUT2D eigenvalue weighted by atomic mass is 9.89. The van der Waals surface area contributed by atoms with Gasteiger partial charge in [-0.15, -0.1) is 0 Å². The molecule has 0 unspecified atom stereocenters. The van der Waals surface area contributed by atoms with E-state index >= 15 is 0 Å². The third kappa shape index (κ3) is 4.18. The van der Waals surface area contributed by atoms with Gasteiger partial charge in [0.15, 0.2) is 5.78 Å². The molecule has 1 aliphatic heterocycles. The zero-order valence-corrected chi connectivity index (χ0v) is 14.2. The Morgan fingerprint density at radius 1 is 1.08 bits per heavy atom. The van der Waals surface area contributed by atoms with Crippen LogP contribution in [0.3, 0.4) is 0 Å². The zero-order chi connectivity index (χ0) is 17.8. The second kappa shape index (κ2) is 7.38.